The molecule has 5 heteroatoms. The van der Waals surface area contributed by atoms with Crippen molar-refractivity contribution in [3.05, 3.63) is 29.6 Å². The van der Waals surface area contributed by atoms with E-state index in [1.165, 1.54) is 0 Å². The predicted octanol–water partition coefficient (Wildman–Crippen LogP) is 2.35. The minimum absolute atomic E-state index is 0.149. The molecule has 0 atom stereocenters. The number of rotatable bonds is 3. The highest BCUT2D eigenvalue weighted by molar-refractivity contribution is 7.80. The van der Waals surface area contributed by atoms with Gasteiger partial charge in [0.2, 0.25) is 0 Å². The van der Waals surface area contributed by atoms with Crippen molar-refractivity contribution in [3.8, 4) is 0 Å². The second-order valence-electron chi connectivity index (χ2n) is 5.83. The Bertz CT molecular complexity index is 522. The number of nitrogens with zero attached hydrogens (tertiary/aromatic N) is 1. The van der Waals surface area contributed by atoms with Crippen LogP contribution in [0.4, 0.5) is 0 Å². The van der Waals surface area contributed by atoms with E-state index in [2.05, 4.69) is 17.2 Å². The number of thiocarbonyl (C=S) groups is 1. The Hall–Kier alpha value is -1.49. The molecule has 1 saturated carbocycles. The number of hydrogen-bond donors (Lipinski definition) is 2. The lowest BCUT2D eigenvalue weighted by atomic mass is 9.77. The maximum atomic E-state index is 12.4. The van der Waals surface area contributed by atoms with Gasteiger partial charge >= 0.3 is 0 Å². The van der Waals surface area contributed by atoms with Crippen molar-refractivity contribution < 1.29 is 4.79 Å². The van der Waals surface area contributed by atoms with Gasteiger partial charge in [0, 0.05) is 12.4 Å². The van der Waals surface area contributed by atoms with Crippen molar-refractivity contribution in [3.63, 3.8) is 0 Å². The van der Waals surface area contributed by atoms with Crippen LogP contribution in [-0.4, -0.2) is 21.4 Å². The third-order valence-corrected chi connectivity index (χ3v) is 4.48. The van der Waals surface area contributed by atoms with E-state index < -0.39 is 5.54 Å². The van der Waals surface area contributed by atoms with E-state index in [1.54, 1.807) is 12.4 Å². The zero-order valence-electron chi connectivity index (χ0n) is 12.0. The standard InChI is InChI=1S/C15H21N3OS/c1-10-3-5-15(6-4-10,14(16)20)18-13(19)12-7-11(2)8-17-9-12/h7-10H,3-6H2,1-2H3,(H2,16,20)(H,18,19). The van der Waals surface area contributed by atoms with Crippen LogP contribution in [0, 0.1) is 12.8 Å². The second kappa shape index (κ2) is 5.87. The summed E-state index contributed by atoms with van der Waals surface area (Å²) in [6, 6.07) is 1.82. The maximum absolute atomic E-state index is 12.4. The number of pyridine rings is 1. The van der Waals surface area contributed by atoms with E-state index in [0.717, 1.165) is 31.2 Å². The first-order valence-corrected chi connectivity index (χ1v) is 7.38. The average molecular weight is 291 g/mol. The maximum Gasteiger partial charge on any atom is 0.253 e. The lowest BCUT2D eigenvalue weighted by Crippen LogP contribution is -2.58. The summed E-state index contributed by atoms with van der Waals surface area (Å²) >= 11 is 5.21. The van der Waals surface area contributed by atoms with E-state index in [9.17, 15) is 4.79 Å². The topological polar surface area (TPSA) is 68.0 Å². The number of carbonyl (C=O) groups excluding carboxylic acids is 1. The molecule has 1 amide bonds. The highest BCUT2D eigenvalue weighted by Gasteiger charge is 2.38. The molecule has 0 radical (unpaired) electrons. The average Bonchev–Trinajstić information content (AvgIpc) is 2.41. The number of aryl methyl sites for hydroxylation is 1. The largest absolute Gasteiger partial charge is 0.391 e. The summed E-state index contributed by atoms with van der Waals surface area (Å²) in [5.41, 5.74) is 6.88. The number of aromatic nitrogens is 1. The van der Waals surface area contributed by atoms with E-state index >= 15 is 0 Å². The first-order valence-electron chi connectivity index (χ1n) is 6.97. The van der Waals surface area contributed by atoms with Crippen molar-refractivity contribution in [2.45, 2.75) is 45.1 Å². The molecule has 1 aliphatic rings. The summed E-state index contributed by atoms with van der Waals surface area (Å²) in [5.74, 6) is 0.513. The number of nitrogens with one attached hydrogen (secondary N) is 1. The second-order valence-corrected chi connectivity index (χ2v) is 6.27. The molecule has 0 aliphatic heterocycles. The van der Waals surface area contributed by atoms with Gasteiger partial charge in [-0.25, -0.2) is 0 Å². The van der Waals surface area contributed by atoms with Crippen LogP contribution in [0.5, 0.6) is 0 Å². The minimum Gasteiger partial charge on any atom is -0.391 e. The molecule has 0 saturated heterocycles. The van der Waals surface area contributed by atoms with Crippen LogP contribution in [0.15, 0.2) is 18.5 Å². The Morgan fingerprint density at radius 1 is 1.45 bits per heavy atom. The van der Waals surface area contributed by atoms with Crippen molar-refractivity contribution in [2.75, 3.05) is 0 Å². The molecular weight excluding hydrogens is 270 g/mol. The van der Waals surface area contributed by atoms with Crippen LogP contribution in [0.3, 0.4) is 0 Å². The molecule has 1 heterocycles. The monoisotopic (exact) mass is 291 g/mol. The molecule has 4 nitrogen and oxygen atoms in total. The Kier molecular flexibility index (Phi) is 4.38. The van der Waals surface area contributed by atoms with Crippen molar-refractivity contribution in [1.29, 1.82) is 0 Å². The minimum atomic E-state index is -0.539. The molecule has 0 aromatic carbocycles. The van der Waals surface area contributed by atoms with Gasteiger partial charge in [-0.05, 0) is 50.2 Å². The van der Waals surface area contributed by atoms with Gasteiger partial charge in [0.25, 0.3) is 5.91 Å². The SMILES string of the molecule is Cc1cncc(C(=O)NC2(C(N)=S)CCC(C)CC2)c1. The van der Waals surface area contributed by atoms with E-state index in [-0.39, 0.29) is 5.91 Å². The smallest absolute Gasteiger partial charge is 0.253 e. The highest BCUT2D eigenvalue weighted by atomic mass is 32.1. The number of amides is 1. The Morgan fingerprint density at radius 2 is 2.10 bits per heavy atom. The van der Waals surface area contributed by atoms with Crippen LogP contribution in [0.2, 0.25) is 0 Å². The highest BCUT2D eigenvalue weighted by Crippen LogP contribution is 2.32. The van der Waals surface area contributed by atoms with Crippen LogP contribution < -0.4 is 11.1 Å². The first kappa shape index (κ1) is 14.9. The fourth-order valence-corrected chi connectivity index (χ4v) is 2.91. The van der Waals surface area contributed by atoms with Gasteiger partial charge in [-0.3, -0.25) is 9.78 Å². The molecule has 0 bridgehead atoms. The molecule has 108 valence electrons. The molecule has 0 spiro atoms. The van der Waals surface area contributed by atoms with E-state index in [0.29, 0.717) is 16.5 Å². The Morgan fingerprint density at radius 3 is 2.65 bits per heavy atom. The summed E-state index contributed by atoms with van der Waals surface area (Å²) in [6.45, 7) is 4.13. The summed E-state index contributed by atoms with van der Waals surface area (Å²) in [4.78, 5) is 16.8. The zero-order chi connectivity index (χ0) is 14.8. The molecule has 1 fully saturated rings. The molecule has 0 unspecified atom stereocenters. The van der Waals surface area contributed by atoms with Gasteiger partial charge in [-0.15, -0.1) is 0 Å². The molecule has 2 rings (SSSR count). The van der Waals surface area contributed by atoms with Gasteiger partial charge in [0.05, 0.1) is 16.1 Å². The number of hydrogen-bond acceptors (Lipinski definition) is 3. The molecule has 20 heavy (non-hydrogen) atoms. The van der Waals surface area contributed by atoms with Crippen LogP contribution >= 0.6 is 12.2 Å². The Balaban J connectivity index is 2.17. The van der Waals surface area contributed by atoms with Crippen molar-refractivity contribution in [1.82, 2.24) is 10.3 Å². The molecular formula is C15H21N3OS. The van der Waals surface area contributed by atoms with Crippen molar-refractivity contribution in [2.24, 2.45) is 11.7 Å². The summed E-state index contributed by atoms with van der Waals surface area (Å²) < 4.78 is 0. The summed E-state index contributed by atoms with van der Waals surface area (Å²) in [6.07, 6.45) is 6.99. The number of nitrogens with two attached hydrogens (primary N) is 1. The van der Waals surface area contributed by atoms with Crippen LogP contribution in [0.1, 0.15) is 48.5 Å². The third-order valence-electron chi connectivity index (χ3n) is 4.09. The van der Waals surface area contributed by atoms with Gasteiger partial charge in [-0.1, -0.05) is 19.1 Å². The summed E-state index contributed by atoms with van der Waals surface area (Å²) in [5, 5.41) is 3.05. The molecule has 3 N–H and O–H groups in total. The van der Waals surface area contributed by atoms with Crippen LogP contribution in [0.25, 0.3) is 0 Å². The fraction of sp³-hybridized carbons (Fsp3) is 0.533. The Labute approximate surface area is 125 Å². The van der Waals surface area contributed by atoms with Crippen molar-refractivity contribution >= 4 is 23.1 Å². The van der Waals surface area contributed by atoms with Gasteiger partial charge in [0.1, 0.15) is 0 Å². The van der Waals surface area contributed by atoms with E-state index in [1.807, 2.05) is 13.0 Å². The van der Waals surface area contributed by atoms with E-state index in [4.69, 9.17) is 18.0 Å². The normalized spacial score (nSPS) is 26.0. The molecule has 1 aromatic rings. The predicted molar refractivity (Wildman–Crippen MR) is 83.6 cm³/mol. The lowest BCUT2D eigenvalue weighted by molar-refractivity contribution is 0.0900. The third kappa shape index (κ3) is 3.15. The first-order chi connectivity index (χ1) is 9.43. The van der Waals surface area contributed by atoms with Gasteiger partial charge in [-0.2, -0.15) is 0 Å². The summed E-state index contributed by atoms with van der Waals surface area (Å²) in [7, 11) is 0. The zero-order valence-corrected chi connectivity index (χ0v) is 12.8. The quantitative estimate of drug-likeness (QED) is 0.839. The molecule has 1 aromatic heterocycles. The lowest BCUT2D eigenvalue weighted by Gasteiger charge is -2.39. The molecule has 1 aliphatic carbocycles. The van der Waals surface area contributed by atoms with Crippen LogP contribution in [-0.2, 0) is 0 Å². The fourth-order valence-electron chi connectivity index (χ4n) is 2.66. The van der Waals surface area contributed by atoms with Gasteiger partial charge < -0.3 is 11.1 Å². The van der Waals surface area contributed by atoms with Gasteiger partial charge in [0.15, 0.2) is 0 Å². The number of carbonyl (C=O) groups is 1.